The molecule has 4 rings (SSSR count). The van der Waals surface area contributed by atoms with Crippen molar-refractivity contribution in [3.05, 3.63) is 100 Å². The quantitative estimate of drug-likeness (QED) is 0.455. The Morgan fingerprint density at radius 1 is 0.848 bits per heavy atom. The monoisotopic (exact) mass is 443 g/mol. The minimum Gasteiger partial charge on any atom is -0.449 e. The second-order valence-electron chi connectivity index (χ2n) is 7.60. The predicted octanol–water partition coefficient (Wildman–Crippen LogP) is 3.79. The van der Waals surface area contributed by atoms with Crippen LogP contribution >= 0.6 is 0 Å². The molecule has 0 heterocycles. The van der Waals surface area contributed by atoms with E-state index in [0.717, 1.165) is 5.56 Å². The molecule has 1 aliphatic rings. The summed E-state index contributed by atoms with van der Waals surface area (Å²) in [6.45, 7) is 1.85. The van der Waals surface area contributed by atoms with Gasteiger partial charge in [0.25, 0.3) is 5.91 Å². The van der Waals surface area contributed by atoms with Crippen LogP contribution in [-0.2, 0) is 20.9 Å². The molecule has 1 amide bonds. The molecule has 0 aliphatic heterocycles. The third kappa shape index (κ3) is 4.31. The van der Waals surface area contributed by atoms with Gasteiger partial charge in [-0.25, -0.2) is 4.79 Å². The number of anilines is 1. The van der Waals surface area contributed by atoms with Gasteiger partial charge in [-0.3, -0.25) is 14.4 Å². The van der Waals surface area contributed by atoms with Crippen LogP contribution in [0.1, 0.15) is 54.7 Å². The summed E-state index contributed by atoms with van der Waals surface area (Å²) in [5, 5.41) is 2.63. The second kappa shape index (κ2) is 9.18. The molecule has 0 aromatic heterocycles. The van der Waals surface area contributed by atoms with E-state index in [1.54, 1.807) is 73.8 Å². The molecule has 0 radical (unpaired) electrons. The molecular weight excluding hydrogens is 422 g/mol. The average Bonchev–Trinajstić information content (AvgIpc) is 2.83. The Kier molecular flexibility index (Phi) is 6.15. The lowest BCUT2D eigenvalue weighted by atomic mass is 9.83. The topological polar surface area (TPSA) is 98.8 Å². The second-order valence-corrected chi connectivity index (χ2v) is 7.60. The molecule has 1 unspecified atom stereocenters. The van der Waals surface area contributed by atoms with Gasteiger partial charge in [-0.2, -0.15) is 0 Å². The van der Waals surface area contributed by atoms with E-state index in [4.69, 9.17) is 9.47 Å². The van der Waals surface area contributed by atoms with Crippen molar-refractivity contribution in [2.45, 2.75) is 19.6 Å². The first-order chi connectivity index (χ1) is 15.9. The van der Waals surface area contributed by atoms with Gasteiger partial charge in [0.1, 0.15) is 0 Å². The Labute approximate surface area is 190 Å². The smallest absolute Gasteiger partial charge is 0.338 e. The van der Waals surface area contributed by atoms with Crippen LogP contribution in [0.25, 0.3) is 0 Å². The summed E-state index contributed by atoms with van der Waals surface area (Å²) in [4.78, 5) is 51.1. The number of ether oxygens (including phenoxy) is 2. The van der Waals surface area contributed by atoms with Crippen molar-refractivity contribution in [1.29, 1.82) is 0 Å². The summed E-state index contributed by atoms with van der Waals surface area (Å²) in [5.41, 5.74) is 2.35. The first-order valence-electron chi connectivity index (χ1n) is 10.3. The third-order valence-corrected chi connectivity index (χ3v) is 5.36. The Bertz CT molecular complexity index is 1260. The van der Waals surface area contributed by atoms with Gasteiger partial charge in [0.2, 0.25) is 0 Å². The van der Waals surface area contributed by atoms with Crippen LogP contribution in [0.15, 0.2) is 66.7 Å². The van der Waals surface area contributed by atoms with E-state index in [2.05, 4.69) is 5.32 Å². The molecule has 0 bridgehead atoms. The number of rotatable bonds is 6. The molecule has 0 fully saturated rings. The average molecular weight is 443 g/mol. The molecule has 1 N–H and O–H groups in total. The fourth-order valence-corrected chi connectivity index (χ4v) is 3.67. The number of ketones is 2. The maximum Gasteiger partial charge on any atom is 0.338 e. The van der Waals surface area contributed by atoms with Gasteiger partial charge < -0.3 is 14.8 Å². The highest BCUT2D eigenvalue weighted by Crippen LogP contribution is 2.32. The normalized spacial score (nSPS) is 13.0. The number of methoxy groups -OCH3 is 1. The van der Waals surface area contributed by atoms with E-state index in [1.165, 1.54) is 6.92 Å². The molecule has 1 atom stereocenters. The summed E-state index contributed by atoms with van der Waals surface area (Å²) >= 11 is 0. The van der Waals surface area contributed by atoms with Gasteiger partial charge >= 0.3 is 5.97 Å². The van der Waals surface area contributed by atoms with Crippen molar-refractivity contribution >= 4 is 29.1 Å². The summed E-state index contributed by atoms with van der Waals surface area (Å²) in [6, 6.07) is 17.9. The summed E-state index contributed by atoms with van der Waals surface area (Å²) in [7, 11) is 1.58. The molecule has 7 heteroatoms. The van der Waals surface area contributed by atoms with E-state index in [9.17, 15) is 19.2 Å². The number of carbonyl (C=O) groups excluding carboxylic acids is 4. The number of fused-ring (bicyclic) bond motifs is 2. The van der Waals surface area contributed by atoms with Crippen LogP contribution in [0.5, 0.6) is 0 Å². The van der Waals surface area contributed by atoms with Crippen molar-refractivity contribution in [3.63, 3.8) is 0 Å². The largest absolute Gasteiger partial charge is 0.449 e. The minimum atomic E-state index is -1.13. The summed E-state index contributed by atoms with van der Waals surface area (Å²) < 4.78 is 10.3. The summed E-state index contributed by atoms with van der Waals surface area (Å²) in [6.07, 6.45) is -1.13. The number of hydrogen-bond donors (Lipinski definition) is 1. The molecule has 3 aromatic carbocycles. The van der Waals surface area contributed by atoms with E-state index in [1.807, 2.05) is 0 Å². The lowest BCUT2D eigenvalue weighted by Crippen LogP contribution is -2.31. The lowest BCUT2D eigenvalue weighted by molar-refractivity contribution is -0.123. The summed E-state index contributed by atoms with van der Waals surface area (Å²) in [5.74, 6) is -1.91. The molecule has 3 aromatic rings. The van der Waals surface area contributed by atoms with Crippen molar-refractivity contribution in [2.24, 2.45) is 0 Å². The van der Waals surface area contributed by atoms with Crippen molar-refractivity contribution in [2.75, 3.05) is 12.4 Å². The van der Waals surface area contributed by atoms with Crippen LogP contribution in [-0.4, -0.2) is 36.7 Å². The Morgan fingerprint density at radius 3 is 2.15 bits per heavy atom. The minimum absolute atomic E-state index is 0.127. The number of esters is 1. The predicted molar refractivity (Wildman–Crippen MR) is 120 cm³/mol. The zero-order valence-corrected chi connectivity index (χ0v) is 18.1. The van der Waals surface area contributed by atoms with Gasteiger partial charge in [-0.1, -0.05) is 48.5 Å². The third-order valence-electron chi connectivity index (χ3n) is 5.36. The maximum absolute atomic E-state index is 13.1. The Balaban J connectivity index is 1.50. The molecule has 7 nitrogen and oxygen atoms in total. The number of hydrogen-bond acceptors (Lipinski definition) is 6. The highest BCUT2D eigenvalue weighted by molar-refractivity contribution is 6.30. The molecule has 0 saturated heterocycles. The van der Waals surface area contributed by atoms with Crippen LogP contribution < -0.4 is 5.32 Å². The molecule has 0 saturated carbocycles. The van der Waals surface area contributed by atoms with E-state index in [-0.39, 0.29) is 33.9 Å². The first-order valence-corrected chi connectivity index (χ1v) is 10.3. The molecule has 1 aliphatic carbocycles. The number of amides is 1. The van der Waals surface area contributed by atoms with Crippen LogP contribution in [0, 0.1) is 0 Å². The number of benzene rings is 3. The van der Waals surface area contributed by atoms with Crippen LogP contribution in [0.4, 0.5) is 5.69 Å². The molecular formula is C26H21NO6. The zero-order valence-electron chi connectivity index (χ0n) is 18.1. The fraction of sp³-hybridized carbons (Fsp3) is 0.154. The van der Waals surface area contributed by atoms with E-state index >= 15 is 0 Å². The van der Waals surface area contributed by atoms with Gasteiger partial charge in [0.05, 0.1) is 23.4 Å². The van der Waals surface area contributed by atoms with Gasteiger partial charge in [-0.05, 0) is 30.7 Å². The van der Waals surface area contributed by atoms with Gasteiger partial charge in [0, 0.05) is 23.8 Å². The van der Waals surface area contributed by atoms with Crippen molar-refractivity contribution < 1.29 is 28.7 Å². The van der Waals surface area contributed by atoms with Crippen LogP contribution in [0.2, 0.25) is 0 Å². The van der Waals surface area contributed by atoms with Crippen molar-refractivity contribution in [1.82, 2.24) is 0 Å². The Hall–Kier alpha value is -4.10. The highest BCUT2D eigenvalue weighted by atomic mass is 16.5. The zero-order chi connectivity index (χ0) is 23.5. The SMILES string of the molecule is COCc1ccc(C(=O)OC(C)C(=O)Nc2cccc3c2C(=O)c2ccccc2C3=O)cc1. The fourth-order valence-electron chi connectivity index (χ4n) is 3.67. The Morgan fingerprint density at radius 2 is 1.48 bits per heavy atom. The number of nitrogens with one attached hydrogen (secondary N) is 1. The van der Waals surface area contributed by atoms with Gasteiger partial charge in [-0.15, -0.1) is 0 Å². The van der Waals surface area contributed by atoms with Crippen LogP contribution in [0.3, 0.4) is 0 Å². The lowest BCUT2D eigenvalue weighted by Gasteiger charge is -2.21. The maximum atomic E-state index is 13.1. The molecule has 166 valence electrons. The number of carbonyl (C=O) groups is 4. The molecule has 33 heavy (non-hydrogen) atoms. The van der Waals surface area contributed by atoms with E-state index < -0.39 is 18.0 Å². The van der Waals surface area contributed by atoms with E-state index in [0.29, 0.717) is 17.7 Å². The molecule has 0 spiro atoms. The first kappa shape index (κ1) is 22.1. The highest BCUT2D eigenvalue weighted by Gasteiger charge is 2.32. The van der Waals surface area contributed by atoms with Crippen molar-refractivity contribution in [3.8, 4) is 0 Å². The standard InChI is InChI=1S/C26H21NO6/c1-15(33-26(31)17-12-10-16(11-13-17)14-32-2)25(30)27-21-9-5-8-20-22(21)24(29)19-7-4-3-6-18(19)23(20)28/h3-13,15H,14H2,1-2H3,(H,27,30). The van der Waals surface area contributed by atoms with Gasteiger partial charge in [0.15, 0.2) is 17.7 Å².